The largest absolute Gasteiger partial charge is 0.345 e. The van der Waals surface area contributed by atoms with Crippen molar-refractivity contribution in [1.82, 2.24) is 9.47 Å². The smallest absolute Gasteiger partial charge is 0.226 e. The van der Waals surface area contributed by atoms with Gasteiger partial charge in [0.15, 0.2) is 0 Å². The van der Waals surface area contributed by atoms with E-state index in [4.69, 9.17) is 0 Å². The van der Waals surface area contributed by atoms with E-state index in [9.17, 15) is 4.79 Å². The zero-order valence-electron chi connectivity index (χ0n) is 16.6. The number of rotatable bonds is 7. The molecular weight excluding hydrogens is 344 g/mol. The Labute approximate surface area is 167 Å². The van der Waals surface area contributed by atoms with Gasteiger partial charge in [-0.25, -0.2) is 0 Å². The summed E-state index contributed by atoms with van der Waals surface area (Å²) in [5.41, 5.74) is 4.93. The van der Waals surface area contributed by atoms with Gasteiger partial charge >= 0.3 is 0 Å². The van der Waals surface area contributed by atoms with Gasteiger partial charge in [-0.3, -0.25) is 4.79 Å². The quantitative estimate of drug-likeness (QED) is 0.561. The molecule has 28 heavy (non-hydrogen) atoms. The highest BCUT2D eigenvalue weighted by Crippen LogP contribution is 2.29. The lowest BCUT2D eigenvalue weighted by atomic mass is 9.84. The van der Waals surface area contributed by atoms with Crippen LogP contribution in [0.25, 0.3) is 0 Å². The molecule has 4 rings (SSSR count). The number of hydrogen-bond donors (Lipinski definition) is 0. The van der Waals surface area contributed by atoms with E-state index in [2.05, 4.69) is 66.2 Å². The first-order chi connectivity index (χ1) is 13.7. The number of aromatic nitrogens is 1. The molecule has 0 aliphatic heterocycles. The van der Waals surface area contributed by atoms with E-state index in [1.54, 1.807) is 0 Å². The van der Waals surface area contributed by atoms with Gasteiger partial charge in [0.25, 0.3) is 0 Å². The van der Waals surface area contributed by atoms with Crippen molar-refractivity contribution >= 4 is 5.91 Å². The van der Waals surface area contributed by atoms with Gasteiger partial charge in [-0.1, -0.05) is 66.6 Å². The predicted octanol–water partition coefficient (Wildman–Crippen LogP) is 5.17. The van der Waals surface area contributed by atoms with Crippen molar-refractivity contribution in [1.29, 1.82) is 0 Å². The third-order valence-electron chi connectivity index (χ3n) is 5.73. The minimum absolute atomic E-state index is 0.212. The molecule has 3 nitrogen and oxygen atoms in total. The topological polar surface area (TPSA) is 25.2 Å². The summed E-state index contributed by atoms with van der Waals surface area (Å²) >= 11 is 0. The molecule has 1 fully saturated rings. The van der Waals surface area contributed by atoms with Gasteiger partial charge < -0.3 is 9.47 Å². The number of hydrogen-bond acceptors (Lipinski definition) is 1. The fraction of sp³-hybridized carbons (Fsp3) is 0.320. The van der Waals surface area contributed by atoms with E-state index in [0.717, 1.165) is 19.4 Å². The Morgan fingerprint density at radius 3 is 2.36 bits per heavy atom. The lowest BCUT2D eigenvalue weighted by Crippen LogP contribution is -2.38. The normalized spacial score (nSPS) is 13.9. The van der Waals surface area contributed by atoms with Crippen LogP contribution in [0.2, 0.25) is 0 Å². The molecule has 0 saturated heterocycles. The van der Waals surface area contributed by atoms with E-state index in [1.165, 1.54) is 28.8 Å². The van der Waals surface area contributed by atoms with E-state index in [-0.39, 0.29) is 5.92 Å². The third kappa shape index (κ3) is 4.36. The highest BCUT2D eigenvalue weighted by atomic mass is 16.2. The van der Waals surface area contributed by atoms with E-state index in [0.29, 0.717) is 19.0 Å². The molecule has 144 valence electrons. The van der Waals surface area contributed by atoms with Crippen molar-refractivity contribution in [2.24, 2.45) is 5.92 Å². The van der Waals surface area contributed by atoms with Gasteiger partial charge in [0.2, 0.25) is 5.91 Å². The Kier molecular flexibility index (Phi) is 5.61. The average molecular weight is 373 g/mol. The van der Waals surface area contributed by atoms with Gasteiger partial charge in [-0.2, -0.15) is 0 Å². The predicted molar refractivity (Wildman–Crippen MR) is 113 cm³/mol. The standard InChI is InChI=1S/C25H28N2O/c1-20-12-14-22(15-13-20)17-26-16-6-11-24(26)19-27(25(28)23-9-5-10-23)18-21-7-3-2-4-8-21/h2-4,6-8,11-16,23H,5,9-10,17-19H2,1H3. The number of benzene rings is 2. The highest BCUT2D eigenvalue weighted by molar-refractivity contribution is 5.79. The molecule has 3 aromatic rings. The van der Waals surface area contributed by atoms with Crippen molar-refractivity contribution < 1.29 is 4.79 Å². The van der Waals surface area contributed by atoms with E-state index in [1.807, 2.05) is 23.1 Å². The molecule has 0 radical (unpaired) electrons. The Balaban J connectivity index is 1.52. The maximum absolute atomic E-state index is 13.1. The molecule has 1 aliphatic rings. The van der Waals surface area contributed by atoms with Crippen LogP contribution in [0.4, 0.5) is 0 Å². The second-order valence-electron chi connectivity index (χ2n) is 7.92. The molecule has 0 unspecified atom stereocenters. The summed E-state index contributed by atoms with van der Waals surface area (Å²) in [7, 11) is 0. The highest BCUT2D eigenvalue weighted by Gasteiger charge is 2.29. The summed E-state index contributed by atoms with van der Waals surface area (Å²) < 4.78 is 2.26. The average Bonchev–Trinajstić information content (AvgIpc) is 3.09. The Morgan fingerprint density at radius 1 is 0.929 bits per heavy atom. The molecule has 3 heteroatoms. The summed E-state index contributed by atoms with van der Waals surface area (Å²) in [6, 6.07) is 23.2. The lowest BCUT2D eigenvalue weighted by Gasteiger charge is -2.32. The molecule has 1 amide bonds. The molecule has 0 bridgehead atoms. The molecule has 0 spiro atoms. The first-order valence-electron chi connectivity index (χ1n) is 10.2. The lowest BCUT2D eigenvalue weighted by molar-refractivity contribution is -0.139. The summed E-state index contributed by atoms with van der Waals surface area (Å²) in [5.74, 6) is 0.516. The van der Waals surface area contributed by atoms with Gasteiger partial charge in [-0.05, 0) is 43.0 Å². The number of aryl methyl sites for hydroxylation is 1. The summed E-state index contributed by atoms with van der Waals surface area (Å²) in [4.78, 5) is 15.1. The van der Waals surface area contributed by atoms with E-state index < -0.39 is 0 Å². The third-order valence-corrected chi connectivity index (χ3v) is 5.73. The number of amides is 1. The second-order valence-corrected chi connectivity index (χ2v) is 7.92. The second kappa shape index (κ2) is 8.47. The van der Waals surface area contributed by atoms with Crippen LogP contribution in [0, 0.1) is 12.8 Å². The van der Waals surface area contributed by atoms with Crippen LogP contribution in [0.3, 0.4) is 0 Å². The molecular formula is C25H28N2O. The van der Waals surface area contributed by atoms with Gasteiger partial charge in [0, 0.05) is 30.9 Å². The molecule has 1 aliphatic carbocycles. The maximum Gasteiger partial charge on any atom is 0.226 e. The molecule has 1 heterocycles. The van der Waals surface area contributed by atoms with Crippen LogP contribution < -0.4 is 0 Å². The number of carbonyl (C=O) groups excluding carboxylic acids is 1. The van der Waals surface area contributed by atoms with Crippen molar-refractivity contribution in [2.45, 2.75) is 45.8 Å². The summed E-state index contributed by atoms with van der Waals surface area (Å²) in [6.07, 6.45) is 5.37. The number of carbonyl (C=O) groups is 1. The zero-order chi connectivity index (χ0) is 19.3. The zero-order valence-corrected chi connectivity index (χ0v) is 16.6. The fourth-order valence-corrected chi connectivity index (χ4v) is 3.76. The van der Waals surface area contributed by atoms with Crippen LogP contribution in [0.5, 0.6) is 0 Å². The summed E-state index contributed by atoms with van der Waals surface area (Å²) in [6.45, 7) is 4.27. The molecule has 0 N–H and O–H groups in total. The van der Waals surface area contributed by atoms with Gasteiger partial charge in [0.05, 0.1) is 6.54 Å². The van der Waals surface area contributed by atoms with Crippen LogP contribution >= 0.6 is 0 Å². The minimum atomic E-state index is 0.212. The molecule has 0 atom stereocenters. The van der Waals surface area contributed by atoms with Crippen molar-refractivity contribution in [2.75, 3.05) is 0 Å². The van der Waals surface area contributed by atoms with Crippen LogP contribution in [0.15, 0.2) is 72.9 Å². The van der Waals surface area contributed by atoms with E-state index >= 15 is 0 Å². The van der Waals surface area contributed by atoms with Crippen LogP contribution in [-0.4, -0.2) is 15.4 Å². The SMILES string of the molecule is Cc1ccc(Cn2cccc2CN(Cc2ccccc2)C(=O)C2CCC2)cc1. The number of nitrogens with zero attached hydrogens (tertiary/aromatic N) is 2. The van der Waals surface area contributed by atoms with Crippen molar-refractivity contribution in [3.05, 3.63) is 95.3 Å². The van der Waals surface area contributed by atoms with Crippen molar-refractivity contribution in [3.8, 4) is 0 Å². The minimum Gasteiger partial charge on any atom is -0.345 e. The molecule has 1 aromatic heterocycles. The first-order valence-corrected chi connectivity index (χ1v) is 10.2. The van der Waals surface area contributed by atoms with Gasteiger partial charge in [-0.15, -0.1) is 0 Å². The van der Waals surface area contributed by atoms with Crippen LogP contribution in [0.1, 0.15) is 41.6 Å². The first kappa shape index (κ1) is 18.5. The van der Waals surface area contributed by atoms with Crippen LogP contribution in [-0.2, 0) is 24.4 Å². The Bertz CT molecular complexity index is 907. The Morgan fingerprint density at radius 2 is 1.68 bits per heavy atom. The van der Waals surface area contributed by atoms with Crippen molar-refractivity contribution in [3.63, 3.8) is 0 Å². The molecule has 2 aromatic carbocycles. The molecule has 1 saturated carbocycles. The maximum atomic E-state index is 13.1. The Hall–Kier alpha value is -2.81. The van der Waals surface area contributed by atoms with Gasteiger partial charge in [0.1, 0.15) is 0 Å². The fourth-order valence-electron chi connectivity index (χ4n) is 3.76. The monoisotopic (exact) mass is 372 g/mol. The summed E-state index contributed by atoms with van der Waals surface area (Å²) in [5, 5.41) is 0.